The van der Waals surface area contributed by atoms with Gasteiger partial charge in [-0.05, 0) is 0 Å². The topological polar surface area (TPSA) is 71.0 Å². The number of urea groups is 1. The molecule has 12 heavy (non-hydrogen) atoms. The van der Waals surface area contributed by atoms with Crippen molar-refractivity contribution in [2.24, 2.45) is 0 Å². The van der Waals surface area contributed by atoms with E-state index in [-0.39, 0.29) is 13.5 Å². The van der Waals surface area contributed by atoms with Crippen LogP contribution in [-0.4, -0.2) is 50.4 Å². The molecule has 6 nitrogen and oxygen atoms in total. The highest BCUT2D eigenvalue weighted by Crippen LogP contribution is 1.89. The van der Waals surface area contributed by atoms with E-state index in [1.54, 1.807) is 0 Å². The molecule has 0 spiro atoms. The molecule has 0 fully saturated rings. The molecule has 0 aromatic rings. The van der Waals surface area contributed by atoms with E-state index in [4.69, 9.17) is 14.6 Å². The number of aliphatic hydroxyl groups excluding tert-OH is 1. The van der Waals surface area contributed by atoms with Gasteiger partial charge in [-0.3, -0.25) is 4.90 Å². The summed E-state index contributed by atoms with van der Waals surface area (Å²) in [6.07, 6.45) is 0. The van der Waals surface area contributed by atoms with Crippen molar-refractivity contribution in [3.63, 3.8) is 0 Å². The van der Waals surface area contributed by atoms with Crippen LogP contribution in [0, 0.1) is 0 Å². The molecule has 0 aromatic carbocycles. The second-order valence-corrected chi connectivity index (χ2v) is 2.02. The Bertz CT molecular complexity index is 125. The molecule has 0 unspecified atom stereocenters. The van der Waals surface area contributed by atoms with Crippen LogP contribution in [-0.2, 0) is 9.47 Å². The number of amides is 2. The van der Waals surface area contributed by atoms with E-state index < -0.39 is 12.8 Å². The van der Waals surface area contributed by atoms with Crippen LogP contribution >= 0.6 is 0 Å². The fourth-order valence-corrected chi connectivity index (χ4v) is 0.646. The summed E-state index contributed by atoms with van der Waals surface area (Å²) in [6.45, 7) is -0.151. The molecule has 2 amide bonds. The van der Waals surface area contributed by atoms with E-state index in [9.17, 15) is 4.79 Å². The van der Waals surface area contributed by atoms with Crippen molar-refractivity contribution < 1.29 is 19.4 Å². The molecule has 0 aliphatic carbocycles. The number of hydrogen-bond donors (Lipinski definition) is 2. The van der Waals surface area contributed by atoms with Gasteiger partial charge in [-0.15, -0.1) is 0 Å². The normalized spacial score (nSPS) is 9.58. The summed E-state index contributed by atoms with van der Waals surface area (Å²) in [5.74, 6) is 0. The fraction of sp³-hybridized carbons (Fsp3) is 0.833. The summed E-state index contributed by atoms with van der Waals surface area (Å²) in [5.41, 5.74) is 0. The molecular formula is C6H14N2O4. The minimum Gasteiger partial charge on any atom is -0.376 e. The molecule has 72 valence electrons. The first-order valence-electron chi connectivity index (χ1n) is 3.37. The highest BCUT2D eigenvalue weighted by atomic mass is 16.5. The first kappa shape index (κ1) is 11.2. The van der Waals surface area contributed by atoms with Crippen LogP contribution in [0.3, 0.4) is 0 Å². The Morgan fingerprint density at radius 3 is 2.25 bits per heavy atom. The largest absolute Gasteiger partial charge is 0.376 e. The molecule has 6 heteroatoms. The van der Waals surface area contributed by atoms with Gasteiger partial charge in [-0.25, -0.2) is 4.79 Å². The van der Waals surface area contributed by atoms with E-state index in [1.807, 2.05) is 0 Å². The average Bonchev–Trinajstić information content (AvgIpc) is 2.04. The Kier molecular flexibility index (Phi) is 6.35. The van der Waals surface area contributed by atoms with Crippen LogP contribution in [0.25, 0.3) is 0 Å². The molecule has 2 N–H and O–H groups in total. The Hall–Kier alpha value is -0.850. The van der Waals surface area contributed by atoms with Crippen molar-refractivity contribution in [3.8, 4) is 0 Å². The van der Waals surface area contributed by atoms with Gasteiger partial charge in [0.15, 0.2) is 0 Å². The molecule has 0 rings (SSSR count). The third-order valence-corrected chi connectivity index (χ3v) is 1.09. The van der Waals surface area contributed by atoms with Crippen molar-refractivity contribution in [2.75, 3.05) is 34.4 Å². The Balaban J connectivity index is 3.81. The third-order valence-electron chi connectivity index (χ3n) is 1.09. The van der Waals surface area contributed by atoms with Crippen molar-refractivity contribution in [1.82, 2.24) is 10.2 Å². The summed E-state index contributed by atoms with van der Waals surface area (Å²) in [5, 5.41) is 10.6. The van der Waals surface area contributed by atoms with Gasteiger partial charge < -0.3 is 19.9 Å². The predicted molar refractivity (Wildman–Crippen MR) is 41.2 cm³/mol. The molecule has 0 saturated heterocycles. The van der Waals surface area contributed by atoms with Crippen LogP contribution in [0.4, 0.5) is 4.79 Å². The van der Waals surface area contributed by atoms with E-state index >= 15 is 0 Å². The zero-order valence-electron chi connectivity index (χ0n) is 7.24. The van der Waals surface area contributed by atoms with Gasteiger partial charge in [0.05, 0.1) is 0 Å². The van der Waals surface area contributed by atoms with Crippen LogP contribution in [0.5, 0.6) is 0 Å². The van der Waals surface area contributed by atoms with Crippen molar-refractivity contribution in [3.05, 3.63) is 0 Å². The minimum absolute atomic E-state index is 0.125. The quantitative estimate of drug-likeness (QED) is 0.538. The number of rotatable bonds is 5. The number of nitrogens with zero attached hydrogens (tertiary/aromatic N) is 1. The zero-order valence-corrected chi connectivity index (χ0v) is 7.24. The van der Waals surface area contributed by atoms with Gasteiger partial charge in [0.1, 0.15) is 20.2 Å². The van der Waals surface area contributed by atoms with E-state index in [0.717, 1.165) is 0 Å². The maximum Gasteiger partial charge on any atom is 0.322 e. The number of ether oxygens (including phenoxy) is 2. The van der Waals surface area contributed by atoms with Gasteiger partial charge in [-0.1, -0.05) is 0 Å². The molecule has 0 saturated carbocycles. The lowest BCUT2D eigenvalue weighted by molar-refractivity contribution is 0.0110. The standard InChI is InChI=1S/C6H14N2O4/c1-11-4-8(5-12-2)6(10)7-3-9/h9H,3-5H2,1-2H3,(H,7,10). The van der Waals surface area contributed by atoms with Crippen LogP contribution < -0.4 is 5.32 Å². The molecule has 0 aliphatic rings. The molecule has 0 atom stereocenters. The summed E-state index contributed by atoms with van der Waals surface area (Å²) in [4.78, 5) is 12.3. The van der Waals surface area contributed by atoms with Crippen LogP contribution in [0.15, 0.2) is 0 Å². The van der Waals surface area contributed by atoms with Gasteiger partial charge in [-0.2, -0.15) is 0 Å². The highest BCUT2D eigenvalue weighted by Gasteiger charge is 2.10. The Labute approximate surface area is 71.1 Å². The number of carbonyl (C=O) groups excluding carboxylic acids is 1. The van der Waals surface area contributed by atoms with Gasteiger partial charge >= 0.3 is 6.03 Å². The Morgan fingerprint density at radius 2 is 1.92 bits per heavy atom. The van der Waals surface area contributed by atoms with E-state index in [0.29, 0.717) is 0 Å². The molecule has 0 aromatic heterocycles. The maximum absolute atomic E-state index is 11.0. The number of methoxy groups -OCH3 is 2. The Morgan fingerprint density at radius 1 is 1.42 bits per heavy atom. The maximum atomic E-state index is 11.0. The summed E-state index contributed by atoms with van der Waals surface area (Å²) in [6, 6.07) is -0.429. The van der Waals surface area contributed by atoms with Crippen LogP contribution in [0.1, 0.15) is 0 Å². The SMILES string of the molecule is COCN(COC)C(=O)NCO. The predicted octanol–water partition coefficient (Wildman–Crippen LogP) is -0.844. The second-order valence-electron chi connectivity index (χ2n) is 2.02. The molecular weight excluding hydrogens is 164 g/mol. The van der Waals surface area contributed by atoms with Gasteiger partial charge in [0, 0.05) is 14.2 Å². The number of nitrogens with one attached hydrogen (secondary N) is 1. The van der Waals surface area contributed by atoms with Gasteiger partial charge in [0.25, 0.3) is 0 Å². The molecule has 0 bridgehead atoms. The fourth-order valence-electron chi connectivity index (χ4n) is 0.646. The number of aliphatic hydroxyl groups is 1. The van der Waals surface area contributed by atoms with Crippen molar-refractivity contribution in [1.29, 1.82) is 0 Å². The lowest BCUT2D eigenvalue weighted by atomic mass is 10.7. The average molecular weight is 178 g/mol. The molecule has 0 heterocycles. The summed E-state index contributed by atoms with van der Waals surface area (Å²) >= 11 is 0. The third kappa shape index (κ3) is 4.12. The van der Waals surface area contributed by atoms with E-state index in [2.05, 4.69) is 5.32 Å². The summed E-state index contributed by atoms with van der Waals surface area (Å²) < 4.78 is 9.45. The monoisotopic (exact) mass is 178 g/mol. The molecule has 0 radical (unpaired) electrons. The lowest BCUT2D eigenvalue weighted by Gasteiger charge is -2.19. The number of hydrogen-bond acceptors (Lipinski definition) is 4. The van der Waals surface area contributed by atoms with Crippen LogP contribution in [0.2, 0.25) is 0 Å². The highest BCUT2D eigenvalue weighted by molar-refractivity contribution is 5.73. The lowest BCUT2D eigenvalue weighted by Crippen LogP contribution is -2.42. The zero-order chi connectivity index (χ0) is 9.40. The van der Waals surface area contributed by atoms with Crippen molar-refractivity contribution >= 4 is 6.03 Å². The first-order valence-corrected chi connectivity index (χ1v) is 3.37. The van der Waals surface area contributed by atoms with Crippen molar-refractivity contribution in [2.45, 2.75) is 0 Å². The molecule has 0 aliphatic heterocycles. The number of carbonyl (C=O) groups is 1. The van der Waals surface area contributed by atoms with Gasteiger partial charge in [0.2, 0.25) is 0 Å². The smallest absolute Gasteiger partial charge is 0.322 e. The first-order chi connectivity index (χ1) is 5.76. The van der Waals surface area contributed by atoms with E-state index in [1.165, 1.54) is 19.1 Å². The summed E-state index contributed by atoms with van der Waals surface area (Å²) in [7, 11) is 2.93. The minimum atomic E-state index is -0.429. The second kappa shape index (κ2) is 6.84.